The van der Waals surface area contributed by atoms with Gasteiger partial charge in [0, 0.05) is 24.7 Å². The van der Waals surface area contributed by atoms with Gasteiger partial charge in [-0.15, -0.1) is 0 Å². The summed E-state index contributed by atoms with van der Waals surface area (Å²) in [5.41, 5.74) is 2.84. The minimum Gasteiger partial charge on any atom is -0.323 e. The number of nitrogens with one attached hydrogen (secondary N) is 1. The summed E-state index contributed by atoms with van der Waals surface area (Å²) < 4.78 is 26.6. The van der Waals surface area contributed by atoms with Gasteiger partial charge in [0.15, 0.2) is 0 Å². The van der Waals surface area contributed by atoms with Crippen LogP contribution in [-0.4, -0.2) is 18.4 Å². The second-order valence-corrected chi connectivity index (χ2v) is 6.29. The van der Waals surface area contributed by atoms with Gasteiger partial charge in [-0.2, -0.15) is 0 Å². The van der Waals surface area contributed by atoms with Crippen LogP contribution in [0.15, 0.2) is 36.4 Å². The Morgan fingerprint density at radius 2 is 1.88 bits per heavy atom. The van der Waals surface area contributed by atoms with E-state index in [1.165, 1.54) is 6.07 Å². The Labute approximate surface area is 144 Å². The smallest absolute Gasteiger partial charge is 0.229 e. The Bertz CT molecular complexity index is 851. The molecule has 6 heteroatoms. The van der Waals surface area contributed by atoms with Crippen LogP contribution in [0.1, 0.15) is 17.5 Å². The van der Waals surface area contributed by atoms with E-state index < -0.39 is 23.5 Å². The number of amides is 2. The van der Waals surface area contributed by atoms with Gasteiger partial charge in [0.25, 0.3) is 0 Å². The summed E-state index contributed by atoms with van der Waals surface area (Å²) in [6.45, 7) is 4.18. The van der Waals surface area contributed by atoms with E-state index in [0.717, 1.165) is 22.9 Å². The summed E-state index contributed by atoms with van der Waals surface area (Å²) in [5, 5.41) is 2.43. The highest BCUT2D eigenvalue weighted by Gasteiger charge is 2.35. The van der Waals surface area contributed by atoms with Crippen molar-refractivity contribution in [2.75, 3.05) is 16.8 Å². The molecule has 4 nitrogen and oxygen atoms in total. The summed E-state index contributed by atoms with van der Waals surface area (Å²) >= 11 is 0. The molecule has 2 aromatic carbocycles. The van der Waals surface area contributed by atoms with Crippen molar-refractivity contribution in [3.8, 4) is 0 Å². The van der Waals surface area contributed by atoms with Crippen molar-refractivity contribution in [3.63, 3.8) is 0 Å². The van der Waals surface area contributed by atoms with E-state index in [1.807, 2.05) is 32.0 Å². The molecule has 1 aliphatic rings. The number of rotatable bonds is 3. The molecule has 1 N–H and O–H groups in total. The predicted octanol–water partition coefficient (Wildman–Crippen LogP) is 3.57. The van der Waals surface area contributed by atoms with E-state index in [-0.39, 0.29) is 24.6 Å². The minimum atomic E-state index is -0.844. The van der Waals surface area contributed by atoms with Crippen LogP contribution in [0.4, 0.5) is 20.2 Å². The Kier molecular flexibility index (Phi) is 4.53. The van der Waals surface area contributed by atoms with Crippen LogP contribution in [0.5, 0.6) is 0 Å². The van der Waals surface area contributed by atoms with E-state index in [9.17, 15) is 18.4 Å². The maximum absolute atomic E-state index is 13.7. The number of aryl methyl sites for hydroxylation is 2. The summed E-state index contributed by atoms with van der Waals surface area (Å²) in [4.78, 5) is 26.2. The van der Waals surface area contributed by atoms with E-state index in [2.05, 4.69) is 5.32 Å². The Morgan fingerprint density at radius 3 is 2.56 bits per heavy atom. The maximum atomic E-state index is 13.7. The lowest BCUT2D eigenvalue weighted by Gasteiger charge is -2.18. The molecule has 1 saturated heterocycles. The molecule has 0 aliphatic carbocycles. The summed E-state index contributed by atoms with van der Waals surface area (Å²) in [7, 11) is 0. The van der Waals surface area contributed by atoms with Crippen molar-refractivity contribution < 1.29 is 18.4 Å². The fraction of sp³-hybridized carbons (Fsp3) is 0.263. The molecule has 2 aromatic rings. The minimum absolute atomic E-state index is 0.0571. The van der Waals surface area contributed by atoms with Crippen LogP contribution in [-0.2, 0) is 9.59 Å². The number of carbonyl (C=O) groups is 2. The first-order valence-corrected chi connectivity index (χ1v) is 7.98. The van der Waals surface area contributed by atoms with Gasteiger partial charge in [0.2, 0.25) is 11.8 Å². The van der Waals surface area contributed by atoms with Gasteiger partial charge in [-0.05, 0) is 49.2 Å². The Morgan fingerprint density at radius 1 is 1.12 bits per heavy atom. The highest BCUT2D eigenvalue weighted by atomic mass is 19.1. The first-order chi connectivity index (χ1) is 11.8. The molecule has 1 aliphatic heterocycles. The molecule has 0 radical (unpaired) electrons. The standard InChI is InChI=1S/C19H18F2N2O2/c1-11-3-5-15(7-12(11)2)23-10-13(8-18(23)24)19(25)22-17-6-4-14(20)9-16(17)21/h3-7,9,13H,8,10H2,1-2H3,(H,22,25)/t13-/m0/s1. The monoisotopic (exact) mass is 344 g/mol. The van der Waals surface area contributed by atoms with E-state index >= 15 is 0 Å². The van der Waals surface area contributed by atoms with E-state index in [1.54, 1.807) is 4.90 Å². The normalized spacial score (nSPS) is 17.0. The largest absolute Gasteiger partial charge is 0.323 e. The molecule has 0 saturated carbocycles. The predicted molar refractivity (Wildman–Crippen MR) is 91.4 cm³/mol. The average Bonchev–Trinajstić information content (AvgIpc) is 2.95. The number of hydrogen-bond acceptors (Lipinski definition) is 2. The van der Waals surface area contributed by atoms with Gasteiger partial charge in [0.1, 0.15) is 11.6 Å². The van der Waals surface area contributed by atoms with Gasteiger partial charge < -0.3 is 10.2 Å². The third kappa shape index (κ3) is 3.52. The Hall–Kier alpha value is -2.76. The first-order valence-electron chi connectivity index (χ1n) is 7.98. The molecule has 3 rings (SSSR count). The molecule has 0 unspecified atom stereocenters. The second-order valence-electron chi connectivity index (χ2n) is 6.29. The van der Waals surface area contributed by atoms with Crippen molar-refractivity contribution in [1.29, 1.82) is 0 Å². The molecular weight excluding hydrogens is 326 g/mol. The van der Waals surface area contributed by atoms with Crippen molar-refractivity contribution in [3.05, 3.63) is 59.2 Å². The van der Waals surface area contributed by atoms with E-state index in [0.29, 0.717) is 6.07 Å². The molecule has 1 atom stereocenters. The van der Waals surface area contributed by atoms with Crippen molar-refractivity contribution in [2.24, 2.45) is 5.92 Å². The number of halogens is 2. The van der Waals surface area contributed by atoms with Gasteiger partial charge in [-0.25, -0.2) is 8.78 Å². The third-order valence-corrected chi connectivity index (χ3v) is 4.49. The van der Waals surface area contributed by atoms with Crippen LogP contribution in [0.3, 0.4) is 0 Å². The zero-order chi connectivity index (χ0) is 18.1. The van der Waals surface area contributed by atoms with Gasteiger partial charge in [0.05, 0.1) is 11.6 Å². The van der Waals surface area contributed by atoms with Crippen LogP contribution in [0, 0.1) is 31.4 Å². The maximum Gasteiger partial charge on any atom is 0.229 e. The third-order valence-electron chi connectivity index (χ3n) is 4.49. The van der Waals surface area contributed by atoms with Crippen LogP contribution in [0.25, 0.3) is 0 Å². The lowest BCUT2D eigenvalue weighted by atomic mass is 10.1. The fourth-order valence-corrected chi connectivity index (χ4v) is 2.85. The molecule has 130 valence electrons. The number of hydrogen-bond donors (Lipinski definition) is 1. The topological polar surface area (TPSA) is 49.4 Å². The average molecular weight is 344 g/mol. The SMILES string of the molecule is Cc1ccc(N2C[C@@H](C(=O)Nc3ccc(F)cc3F)CC2=O)cc1C. The number of nitrogens with zero attached hydrogens (tertiary/aromatic N) is 1. The van der Waals surface area contributed by atoms with Crippen LogP contribution < -0.4 is 10.2 Å². The zero-order valence-electron chi connectivity index (χ0n) is 14.0. The Balaban J connectivity index is 1.73. The molecule has 25 heavy (non-hydrogen) atoms. The van der Waals surface area contributed by atoms with Gasteiger partial charge >= 0.3 is 0 Å². The number of anilines is 2. The lowest BCUT2D eigenvalue weighted by molar-refractivity contribution is -0.122. The lowest BCUT2D eigenvalue weighted by Crippen LogP contribution is -2.28. The molecule has 0 bridgehead atoms. The van der Waals surface area contributed by atoms with Crippen molar-refractivity contribution in [1.82, 2.24) is 0 Å². The molecule has 0 aromatic heterocycles. The number of carbonyl (C=O) groups excluding carboxylic acids is 2. The summed E-state index contributed by atoms with van der Waals surface area (Å²) in [6, 6.07) is 8.63. The molecule has 1 fully saturated rings. The highest BCUT2D eigenvalue weighted by Crippen LogP contribution is 2.28. The second kappa shape index (κ2) is 6.63. The zero-order valence-corrected chi connectivity index (χ0v) is 14.0. The highest BCUT2D eigenvalue weighted by molar-refractivity contribution is 6.03. The van der Waals surface area contributed by atoms with Crippen molar-refractivity contribution >= 4 is 23.2 Å². The van der Waals surface area contributed by atoms with Crippen LogP contribution in [0.2, 0.25) is 0 Å². The van der Waals surface area contributed by atoms with Crippen LogP contribution >= 0.6 is 0 Å². The molecule has 0 spiro atoms. The van der Waals surface area contributed by atoms with Crippen molar-refractivity contribution in [2.45, 2.75) is 20.3 Å². The van der Waals surface area contributed by atoms with Gasteiger partial charge in [-0.1, -0.05) is 6.07 Å². The summed E-state index contributed by atoms with van der Waals surface area (Å²) in [5.74, 6) is -2.75. The van der Waals surface area contributed by atoms with E-state index in [4.69, 9.17) is 0 Å². The molecule has 1 heterocycles. The summed E-state index contributed by atoms with van der Waals surface area (Å²) in [6.07, 6.45) is 0.0571. The first kappa shape index (κ1) is 17.1. The quantitative estimate of drug-likeness (QED) is 0.925. The fourth-order valence-electron chi connectivity index (χ4n) is 2.85. The van der Waals surface area contributed by atoms with Gasteiger partial charge in [-0.3, -0.25) is 9.59 Å². The molecule has 2 amide bonds. The number of benzene rings is 2. The molecular formula is C19H18F2N2O2.